The first-order chi connectivity index (χ1) is 12.6. The fourth-order valence-corrected chi connectivity index (χ4v) is 2.78. The molecule has 1 unspecified atom stereocenters. The van der Waals surface area contributed by atoms with Gasteiger partial charge in [-0.25, -0.2) is 0 Å². The summed E-state index contributed by atoms with van der Waals surface area (Å²) in [7, 11) is 5.76. The normalized spacial score (nSPS) is 11.8. The minimum absolute atomic E-state index is 0.0961. The maximum absolute atomic E-state index is 12.7. The van der Waals surface area contributed by atoms with Crippen molar-refractivity contribution in [2.24, 2.45) is 0 Å². The fraction of sp³-hybridized carbons (Fsp3) is 0.200. The van der Waals surface area contributed by atoms with Gasteiger partial charge < -0.3 is 15.5 Å². The van der Waals surface area contributed by atoms with Gasteiger partial charge in [-0.1, -0.05) is 24.3 Å². The number of benzene rings is 2. The molecule has 26 heavy (non-hydrogen) atoms. The molecule has 1 heterocycles. The number of aromatic amines is 1. The number of carbonyl (C=O) groups is 1. The summed E-state index contributed by atoms with van der Waals surface area (Å²) in [6.07, 6.45) is 3.60. The molecule has 0 aliphatic heterocycles. The zero-order valence-corrected chi connectivity index (χ0v) is 15.2. The van der Waals surface area contributed by atoms with Gasteiger partial charge >= 0.3 is 0 Å². The van der Waals surface area contributed by atoms with Crippen molar-refractivity contribution in [1.29, 1.82) is 0 Å². The maximum Gasteiger partial charge on any atom is 0.246 e. The predicted molar refractivity (Wildman–Crippen MR) is 105 cm³/mol. The van der Waals surface area contributed by atoms with Crippen LogP contribution in [-0.4, -0.2) is 37.2 Å². The van der Waals surface area contributed by atoms with Crippen LogP contribution in [0.1, 0.15) is 11.6 Å². The van der Waals surface area contributed by atoms with Gasteiger partial charge in [0.1, 0.15) is 6.04 Å². The number of nitrogens with one attached hydrogen (secondary N) is 3. The van der Waals surface area contributed by atoms with Crippen LogP contribution in [0.25, 0.3) is 11.1 Å². The lowest BCUT2D eigenvalue weighted by molar-refractivity contribution is -0.118. The number of nitrogens with zero attached hydrogens (tertiary/aromatic N) is 2. The molecule has 3 N–H and O–H groups in total. The average molecular weight is 349 g/mol. The molecule has 0 aliphatic carbocycles. The zero-order valence-electron chi connectivity index (χ0n) is 15.2. The quantitative estimate of drug-likeness (QED) is 0.639. The van der Waals surface area contributed by atoms with Crippen LogP contribution in [0.2, 0.25) is 0 Å². The zero-order chi connectivity index (χ0) is 18.5. The Hall–Kier alpha value is -3.12. The molecule has 1 atom stereocenters. The van der Waals surface area contributed by atoms with E-state index in [0.717, 1.165) is 28.1 Å². The van der Waals surface area contributed by atoms with Crippen molar-refractivity contribution in [3.63, 3.8) is 0 Å². The Morgan fingerprint density at radius 2 is 1.73 bits per heavy atom. The van der Waals surface area contributed by atoms with E-state index in [2.05, 4.69) is 20.8 Å². The van der Waals surface area contributed by atoms with E-state index in [1.54, 1.807) is 13.2 Å². The van der Waals surface area contributed by atoms with Gasteiger partial charge in [0.05, 0.1) is 6.20 Å². The molecule has 6 nitrogen and oxygen atoms in total. The molecule has 0 aliphatic rings. The van der Waals surface area contributed by atoms with E-state index in [0.29, 0.717) is 0 Å². The van der Waals surface area contributed by atoms with Crippen LogP contribution in [0.5, 0.6) is 0 Å². The topological polar surface area (TPSA) is 73.0 Å². The maximum atomic E-state index is 12.7. The summed E-state index contributed by atoms with van der Waals surface area (Å²) in [6, 6.07) is 15.2. The summed E-state index contributed by atoms with van der Waals surface area (Å²) in [5.41, 5.74) is 4.83. The van der Waals surface area contributed by atoms with E-state index in [1.807, 2.05) is 73.7 Å². The van der Waals surface area contributed by atoms with E-state index in [-0.39, 0.29) is 5.91 Å². The molecule has 0 spiro atoms. The number of anilines is 2. The molecule has 134 valence electrons. The lowest BCUT2D eigenvalue weighted by atomic mass is 10.1. The second-order valence-corrected chi connectivity index (χ2v) is 6.26. The number of likely N-dealkylation sites (N-methyl/N-ethyl adjacent to an activating group) is 1. The number of carbonyl (C=O) groups excluding carboxylic acids is 1. The third-order valence-corrected chi connectivity index (χ3v) is 4.28. The first-order valence-electron chi connectivity index (χ1n) is 8.43. The molecular formula is C20H23N5O. The van der Waals surface area contributed by atoms with Gasteiger partial charge in [0, 0.05) is 37.2 Å². The number of H-pyrrole nitrogens is 1. The Morgan fingerprint density at radius 3 is 2.27 bits per heavy atom. The standard InChI is InChI=1S/C20H23N5O/c1-21-19(15-6-10-18(11-7-15)25(2)3)20(26)24-17-8-4-14(5-9-17)16-12-22-23-13-16/h4-13,19,21H,1-3H3,(H,22,23)(H,24,26). The Morgan fingerprint density at radius 1 is 1.04 bits per heavy atom. The highest BCUT2D eigenvalue weighted by Crippen LogP contribution is 2.22. The number of rotatable bonds is 6. The van der Waals surface area contributed by atoms with Gasteiger partial charge in [0.2, 0.25) is 5.91 Å². The van der Waals surface area contributed by atoms with E-state index < -0.39 is 6.04 Å². The first-order valence-corrected chi connectivity index (χ1v) is 8.43. The van der Waals surface area contributed by atoms with Crippen molar-refractivity contribution in [3.8, 4) is 11.1 Å². The summed E-state index contributed by atoms with van der Waals surface area (Å²) in [5.74, 6) is -0.0961. The second-order valence-electron chi connectivity index (χ2n) is 6.26. The third kappa shape index (κ3) is 3.92. The van der Waals surface area contributed by atoms with Crippen molar-refractivity contribution >= 4 is 17.3 Å². The van der Waals surface area contributed by atoms with Gasteiger partial charge in [-0.15, -0.1) is 0 Å². The molecule has 2 aromatic carbocycles. The SMILES string of the molecule is CNC(C(=O)Nc1ccc(-c2cn[nH]c2)cc1)c1ccc(N(C)C)cc1. The smallest absolute Gasteiger partial charge is 0.246 e. The monoisotopic (exact) mass is 349 g/mol. The van der Waals surface area contributed by atoms with Crippen LogP contribution < -0.4 is 15.5 Å². The predicted octanol–water partition coefficient (Wildman–Crippen LogP) is 3.04. The molecule has 0 saturated heterocycles. The Kier molecular flexibility index (Phi) is 5.34. The van der Waals surface area contributed by atoms with Gasteiger partial charge in [-0.2, -0.15) is 5.10 Å². The molecule has 1 amide bonds. The number of amides is 1. The molecule has 0 bridgehead atoms. The second kappa shape index (κ2) is 7.84. The highest BCUT2D eigenvalue weighted by molar-refractivity contribution is 5.95. The Bertz CT molecular complexity index is 839. The molecule has 0 fully saturated rings. The minimum atomic E-state index is -0.417. The molecular weight excluding hydrogens is 326 g/mol. The van der Waals surface area contributed by atoms with Gasteiger partial charge in [0.15, 0.2) is 0 Å². The molecule has 0 radical (unpaired) electrons. The highest BCUT2D eigenvalue weighted by atomic mass is 16.2. The van der Waals surface area contributed by atoms with Crippen molar-refractivity contribution in [1.82, 2.24) is 15.5 Å². The summed E-state index contributed by atoms with van der Waals surface area (Å²) < 4.78 is 0. The van der Waals surface area contributed by atoms with Crippen LogP contribution in [0, 0.1) is 0 Å². The lowest BCUT2D eigenvalue weighted by Gasteiger charge is -2.18. The summed E-state index contributed by atoms with van der Waals surface area (Å²) in [6.45, 7) is 0. The van der Waals surface area contributed by atoms with Crippen LogP contribution in [0.15, 0.2) is 60.9 Å². The molecule has 6 heteroatoms. The molecule has 1 aromatic heterocycles. The summed E-state index contributed by atoms with van der Waals surface area (Å²) in [4.78, 5) is 14.7. The van der Waals surface area contributed by atoms with Crippen molar-refractivity contribution in [2.45, 2.75) is 6.04 Å². The van der Waals surface area contributed by atoms with Crippen LogP contribution in [0.3, 0.4) is 0 Å². The number of hydrogen-bond donors (Lipinski definition) is 3. The Labute approximate surface area is 153 Å². The number of hydrogen-bond acceptors (Lipinski definition) is 4. The van der Waals surface area contributed by atoms with Crippen molar-refractivity contribution in [3.05, 3.63) is 66.5 Å². The van der Waals surface area contributed by atoms with Gasteiger partial charge in [-0.05, 0) is 42.4 Å². The van der Waals surface area contributed by atoms with Crippen LogP contribution in [0.4, 0.5) is 11.4 Å². The minimum Gasteiger partial charge on any atom is -0.378 e. The third-order valence-electron chi connectivity index (χ3n) is 4.28. The largest absolute Gasteiger partial charge is 0.378 e. The van der Waals surface area contributed by atoms with Crippen molar-refractivity contribution < 1.29 is 4.79 Å². The summed E-state index contributed by atoms with van der Waals surface area (Å²) in [5, 5.41) is 12.8. The van der Waals surface area contributed by atoms with E-state index >= 15 is 0 Å². The average Bonchev–Trinajstić information content (AvgIpc) is 3.18. The molecule has 0 saturated carbocycles. The molecule has 3 aromatic rings. The van der Waals surface area contributed by atoms with E-state index in [1.165, 1.54) is 0 Å². The van der Waals surface area contributed by atoms with Gasteiger partial charge in [0.25, 0.3) is 0 Å². The van der Waals surface area contributed by atoms with E-state index in [9.17, 15) is 4.79 Å². The van der Waals surface area contributed by atoms with Crippen molar-refractivity contribution in [2.75, 3.05) is 31.4 Å². The molecule has 3 rings (SSSR count). The van der Waals surface area contributed by atoms with Crippen LogP contribution in [-0.2, 0) is 4.79 Å². The summed E-state index contributed by atoms with van der Waals surface area (Å²) >= 11 is 0. The first kappa shape index (κ1) is 17.7. The lowest BCUT2D eigenvalue weighted by Crippen LogP contribution is -2.30. The van der Waals surface area contributed by atoms with Gasteiger partial charge in [-0.3, -0.25) is 9.89 Å². The van der Waals surface area contributed by atoms with Crippen LogP contribution >= 0.6 is 0 Å². The Balaban J connectivity index is 1.71. The highest BCUT2D eigenvalue weighted by Gasteiger charge is 2.18. The fourth-order valence-electron chi connectivity index (χ4n) is 2.78. The van der Waals surface area contributed by atoms with E-state index in [4.69, 9.17) is 0 Å². The number of aromatic nitrogens is 2.